The fourth-order valence-corrected chi connectivity index (χ4v) is 3.29. The molecule has 0 saturated carbocycles. The second kappa shape index (κ2) is 5.80. The normalized spacial score (nSPS) is 17.2. The molecule has 0 spiro atoms. The molecule has 3 rings (SSSR count). The van der Waals surface area contributed by atoms with Crippen molar-refractivity contribution >= 4 is 0 Å². The molecule has 104 valence electrons. The third-order valence-electron chi connectivity index (χ3n) is 4.37. The predicted octanol–water partition coefficient (Wildman–Crippen LogP) is 4.51. The van der Waals surface area contributed by atoms with Gasteiger partial charge in [0.05, 0.1) is 0 Å². The highest BCUT2D eigenvalue weighted by Gasteiger charge is 2.20. The molecule has 1 aliphatic rings. The van der Waals surface area contributed by atoms with E-state index in [1.54, 1.807) is 0 Å². The highest BCUT2D eigenvalue weighted by atomic mass is 14.9. The fraction of sp³-hybridized carbons (Fsp3) is 0.368. The molecule has 0 amide bonds. The highest BCUT2D eigenvalue weighted by Crippen LogP contribution is 2.34. The van der Waals surface area contributed by atoms with E-state index in [4.69, 9.17) is 0 Å². The molecule has 1 nitrogen and oxygen atoms in total. The third kappa shape index (κ3) is 2.51. The number of aryl methyl sites for hydroxylation is 2. The number of hydrogen-bond acceptors (Lipinski definition) is 1. The molecule has 2 aromatic carbocycles. The first-order chi connectivity index (χ1) is 9.81. The van der Waals surface area contributed by atoms with Crippen LogP contribution in [0, 0.1) is 0 Å². The zero-order valence-corrected chi connectivity index (χ0v) is 12.4. The Morgan fingerprint density at radius 2 is 1.95 bits per heavy atom. The Bertz CT molecular complexity index is 600. The van der Waals surface area contributed by atoms with Crippen molar-refractivity contribution in [3.63, 3.8) is 0 Å². The molecule has 0 radical (unpaired) electrons. The Hall–Kier alpha value is -1.60. The van der Waals surface area contributed by atoms with Crippen molar-refractivity contribution in [2.75, 3.05) is 7.05 Å². The third-order valence-corrected chi connectivity index (χ3v) is 4.37. The molecule has 2 aromatic rings. The number of rotatable bonds is 4. The summed E-state index contributed by atoms with van der Waals surface area (Å²) in [5.74, 6) is 0. The summed E-state index contributed by atoms with van der Waals surface area (Å²) in [5.41, 5.74) is 7.16. The standard InChI is InChI=1S/C19H23N/c1-3-5-14-6-4-7-15(12-14)16-8-10-18-17(13-16)9-11-19(18)20-2/h4,6-8,10,12-13,19-20H,3,5,9,11H2,1-2H3. The second-order valence-corrected chi connectivity index (χ2v) is 5.74. The van der Waals surface area contributed by atoms with Crippen LogP contribution in [0.4, 0.5) is 0 Å². The molecular weight excluding hydrogens is 242 g/mol. The van der Waals surface area contributed by atoms with E-state index in [9.17, 15) is 0 Å². The van der Waals surface area contributed by atoms with Crippen molar-refractivity contribution in [3.8, 4) is 11.1 Å². The van der Waals surface area contributed by atoms with Crippen molar-refractivity contribution < 1.29 is 0 Å². The minimum Gasteiger partial charge on any atom is -0.313 e. The zero-order valence-electron chi connectivity index (χ0n) is 12.4. The fourth-order valence-electron chi connectivity index (χ4n) is 3.29. The Labute approximate surface area is 122 Å². The number of hydrogen-bond donors (Lipinski definition) is 1. The van der Waals surface area contributed by atoms with Crippen LogP contribution in [0.2, 0.25) is 0 Å². The first kappa shape index (κ1) is 13.4. The second-order valence-electron chi connectivity index (χ2n) is 5.74. The van der Waals surface area contributed by atoms with Crippen LogP contribution in [0.1, 0.15) is 42.5 Å². The van der Waals surface area contributed by atoms with Crippen molar-refractivity contribution in [3.05, 3.63) is 59.2 Å². The Kier molecular flexibility index (Phi) is 3.88. The minimum atomic E-state index is 0.547. The van der Waals surface area contributed by atoms with Gasteiger partial charge in [-0.25, -0.2) is 0 Å². The topological polar surface area (TPSA) is 12.0 Å². The summed E-state index contributed by atoms with van der Waals surface area (Å²) in [7, 11) is 2.06. The van der Waals surface area contributed by atoms with E-state index in [1.807, 2.05) is 0 Å². The van der Waals surface area contributed by atoms with Crippen molar-refractivity contribution in [2.24, 2.45) is 0 Å². The van der Waals surface area contributed by atoms with Gasteiger partial charge in [-0.05, 0) is 54.1 Å². The van der Waals surface area contributed by atoms with E-state index in [1.165, 1.54) is 53.5 Å². The molecule has 20 heavy (non-hydrogen) atoms. The van der Waals surface area contributed by atoms with Crippen molar-refractivity contribution in [1.82, 2.24) is 5.32 Å². The Balaban J connectivity index is 1.93. The van der Waals surface area contributed by atoms with Gasteiger partial charge in [-0.2, -0.15) is 0 Å². The summed E-state index contributed by atoms with van der Waals surface area (Å²) in [4.78, 5) is 0. The van der Waals surface area contributed by atoms with Crippen LogP contribution in [-0.4, -0.2) is 7.05 Å². The number of benzene rings is 2. The summed E-state index contributed by atoms with van der Waals surface area (Å²) in [6, 6.07) is 16.5. The van der Waals surface area contributed by atoms with Gasteiger partial charge in [-0.15, -0.1) is 0 Å². The number of nitrogens with one attached hydrogen (secondary N) is 1. The van der Waals surface area contributed by atoms with Crippen LogP contribution < -0.4 is 5.32 Å². The molecule has 0 fully saturated rings. The molecule has 1 heteroatoms. The lowest BCUT2D eigenvalue weighted by molar-refractivity contribution is 0.590. The van der Waals surface area contributed by atoms with E-state index < -0.39 is 0 Å². The van der Waals surface area contributed by atoms with Gasteiger partial charge in [0, 0.05) is 6.04 Å². The molecule has 0 heterocycles. The lowest BCUT2D eigenvalue weighted by Gasteiger charge is -2.11. The zero-order chi connectivity index (χ0) is 13.9. The maximum absolute atomic E-state index is 3.41. The van der Waals surface area contributed by atoms with Gasteiger partial charge in [0.1, 0.15) is 0 Å². The van der Waals surface area contributed by atoms with Gasteiger partial charge in [0.25, 0.3) is 0 Å². The summed E-state index contributed by atoms with van der Waals surface area (Å²) in [6.07, 6.45) is 4.80. The van der Waals surface area contributed by atoms with Crippen LogP contribution >= 0.6 is 0 Å². The predicted molar refractivity (Wildman–Crippen MR) is 86.0 cm³/mol. The quantitative estimate of drug-likeness (QED) is 0.857. The molecule has 1 aliphatic carbocycles. The molecule has 1 unspecified atom stereocenters. The van der Waals surface area contributed by atoms with E-state index in [2.05, 4.69) is 61.8 Å². The van der Waals surface area contributed by atoms with Gasteiger partial charge in [0.15, 0.2) is 0 Å². The molecule has 1 N–H and O–H groups in total. The first-order valence-electron chi connectivity index (χ1n) is 7.71. The average molecular weight is 265 g/mol. The van der Waals surface area contributed by atoms with Crippen LogP contribution in [0.3, 0.4) is 0 Å². The summed E-state index contributed by atoms with van der Waals surface area (Å²) in [6.45, 7) is 2.24. The van der Waals surface area contributed by atoms with Crippen LogP contribution in [0.15, 0.2) is 42.5 Å². The largest absolute Gasteiger partial charge is 0.313 e. The van der Waals surface area contributed by atoms with E-state index in [-0.39, 0.29) is 0 Å². The highest BCUT2D eigenvalue weighted by molar-refractivity contribution is 5.66. The van der Waals surface area contributed by atoms with E-state index in [0.29, 0.717) is 6.04 Å². The van der Waals surface area contributed by atoms with Gasteiger partial charge in [-0.3, -0.25) is 0 Å². The van der Waals surface area contributed by atoms with Crippen molar-refractivity contribution in [1.29, 1.82) is 0 Å². The van der Waals surface area contributed by atoms with Crippen molar-refractivity contribution in [2.45, 2.75) is 38.6 Å². The monoisotopic (exact) mass is 265 g/mol. The van der Waals surface area contributed by atoms with Gasteiger partial charge < -0.3 is 5.32 Å². The average Bonchev–Trinajstić information content (AvgIpc) is 2.90. The number of fused-ring (bicyclic) bond motifs is 1. The minimum absolute atomic E-state index is 0.547. The maximum Gasteiger partial charge on any atom is 0.0323 e. The van der Waals surface area contributed by atoms with Crippen LogP contribution in [-0.2, 0) is 12.8 Å². The van der Waals surface area contributed by atoms with E-state index in [0.717, 1.165) is 0 Å². The van der Waals surface area contributed by atoms with Crippen LogP contribution in [0.25, 0.3) is 11.1 Å². The molecular formula is C19H23N. The Morgan fingerprint density at radius 1 is 1.10 bits per heavy atom. The van der Waals surface area contributed by atoms with Crippen LogP contribution in [0.5, 0.6) is 0 Å². The first-order valence-corrected chi connectivity index (χ1v) is 7.71. The Morgan fingerprint density at radius 3 is 2.75 bits per heavy atom. The van der Waals surface area contributed by atoms with Gasteiger partial charge >= 0.3 is 0 Å². The lowest BCUT2D eigenvalue weighted by Crippen LogP contribution is -2.12. The SMILES string of the molecule is CCCc1cccc(-c2ccc3c(c2)CCC3NC)c1. The lowest BCUT2D eigenvalue weighted by atomic mass is 9.97. The van der Waals surface area contributed by atoms with Gasteiger partial charge in [-0.1, -0.05) is 55.8 Å². The maximum atomic E-state index is 3.41. The smallest absolute Gasteiger partial charge is 0.0323 e. The summed E-state index contributed by atoms with van der Waals surface area (Å²) < 4.78 is 0. The molecule has 1 atom stereocenters. The molecule has 0 saturated heterocycles. The van der Waals surface area contributed by atoms with E-state index >= 15 is 0 Å². The summed E-state index contributed by atoms with van der Waals surface area (Å²) >= 11 is 0. The molecule has 0 aliphatic heterocycles. The van der Waals surface area contributed by atoms with Gasteiger partial charge in [0.2, 0.25) is 0 Å². The summed E-state index contributed by atoms with van der Waals surface area (Å²) in [5, 5.41) is 3.41. The molecule has 0 bridgehead atoms. The molecule has 0 aromatic heterocycles.